The van der Waals surface area contributed by atoms with E-state index >= 15 is 0 Å². The molecule has 0 atom stereocenters. The van der Waals surface area contributed by atoms with E-state index in [1.54, 1.807) is 10.2 Å². The summed E-state index contributed by atoms with van der Waals surface area (Å²) in [5.74, 6) is 1.79. The second-order valence-corrected chi connectivity index (χ2v) is 6.57. The van der Waals surface area contributed by atoms with E-state index in [-0.39, 0.29) is 5.91 Å². The quantitative estimate of drug-likeness (QED) is 0.460. The Morgan fingerprint density at radius 2 is 1.89 bits per heavy atom. The van der Waals surface area contributed by atoms with Crippen LogP contribution in [-0.2, 0) is 4.79 Å². The fourth-order valence-electron chi connectivity index (χ4n) is 2.95. The molecular formula is C14H25BINO. The largest absolute Gasteiger partial charge is 0.350 e. The van der Waals surface area contributed by atoms with Gasteiger partial charge in [0, 0.05) is 12.1 Å². The molecule has 4 heteroatoms. The van der Waals surface area contributed by atoms with E-state index in [2.05, 4.69) is 41.8 Å². The molecule has 0 spiro atoms. The van der Waals surface area contributed by atoms with E-state index in [1.807, 2.05) is 0 Å². The minimum Gasteiger partial charge on any atom is -0.350 e. The van der Waals surface area contributed by atoms with Crippen molar-refractivity contribution >= 4 is 35.8 Å². The van der Waals surface area contributed by atoms with Crippen LogP contribution in [0.5, 0.6) is 0 Å². The second-order valence-electron chi connectivity index (χ2n) is 5.86. The Morgan fingerprint density at radius 1 is 1.28 bits per heavy atom. The standard InChI is InChI=1S/C14H25BINO/c1-11(2)15-12-5-3-7-13(8-4-6-12)17-14(18)9-10-16/h9-13,15H,3-8H2,1-2H3,(H,17,18)/b10-9+. The van der Waals surface area contributed by atoms with E-state index in [0.717, 1.165) is 24.5 Å². The van der Waals surface area contributed by atoms with E-state index in [4.69, 9.17) is 0 Å². The van der Waals surface area contributed by atoms with Crippen molar-refractivity contribution in [2.45, 2.75) is 70.0 Å². The number of hydrogen-bond acceptors (Lipinski definition) is 1. The summed E-state index contributed by atoms with van der Waals surface area (Å²) in [5.41, 5.74) is 0. The lowest BCUT2D eigenvalue weighted by atomic mass is 9.53. The maximum atomic E-state index is 11.5. The molecule has 0 aliphatic heterocycles. The van der Waals surface area contributed by atoms with Crippen LogP contribution >= 0.6 is 22.6 Å². The van der Waals surface area contributed by atoms with Gasteiger partial charge >= 0.3 is 0 Å². The maximum absolute atomic E-state index is 11.5. The minimum atomic E-state index is 0.0636. The summed E-state index contributed by atoms with van der Waals surface area (Å²) in [6.45, 7) is 4.64. The molecule has 0 aromatic rings. The maximum Gasteiger partial charge on any atom is 0.244 e. The van der Waals surface area contributed by atoms with Gasteiger partial charge in [-0.3, -0.25) is 4.79 Å². The van der Waals surface area contributed by atoms with Gasteiger partial charge in [-0.05, 0) is 16.9 Å². The molecule has 0 saturated heterocycles. The smallest absolute Gasteiger partial charge is 0.244 e. The number of hydrogen-bond donors (Lipinski definition) is 1. The Kier molecular flexibility index (Phi) is 8.03. The zero-order chi connectivity index (χ0) is 13.4. The molecule has 102 valence electrons. The molecule has 1 aliphatic carbocycles. The molecular weight excluding hydrogens is 336 g/mol. The van der Waals surface area contributed by atoms with Crippen LogP contribution in [0.3, 0.4) is 0 Å². The van der Waals surface area contributed by atoms with Gasteiger partial charge in [0.1, 0.15) is 7.28 Å². The molecule has 1 fully saturated rings. The summed E-state index contributed by atoms with van der Waals surface area (Å²) in [7, 11) is 1.37. The number of halogens is 1. The van der Waals surface area contributed by atoms with Gasteiger partial charge in [-0.25, -0.2) is 0 Å². The van der Waals surface area contributed by atoms with E-state index in [9.17, 15) is 4.79 Å². The molecule has 1 amide bonds. The first-order chi connectivity index (χ1) is 8.61. The number of nitrogens with one attached hydrogen (secondary N) is 1. The third-order valence-electron chi connectivity index (χ3n) is 3.70. The molecule has 18 heavy (non-hydrogen) atoms. The van der Waals surface area contributed by atoms with E-state index < -0.39 is 0 Å². The number of rotatable bonds is 4. The zero-order valence-corrected chi connectivity index (χ0v) is 13.8. The minimum absolute atomic E-state index is 0.0636. The molecule has 0 radical (unpaired) electrons. The summed E-state index contributed by atoms with van der Waals surface area (Å²) < 4.78 is 1.77. The van der Waals surface area contributed by atoms with Gasteiger partial charge < -0.3 is 5.32 Å². The van der Waals surface area contributed by atoms with Crippen molar-refractivity contribution in [3.05, 3.63) is 10.2 Å². The molecule has 0 heterocycles. The summed E-state index contributed by atoms with van der Waals surface area (Å²) in [6, 6.07) is 0.394. The number of carbonyl (C=O) groups excluding carboxylic acids is 1. The third kappa shape index (κ3) is 6.81. The average Bonchev–Trinajstić information content (AvgIpc) is 2.24. The zero-order valence-electron chi connectivity index (χ0n) is 11.6. The summed E-state index contributed by atoms with van der Waals surface area (Å²) in [6.07, 6.45) is 9.11. The van der Waals surface area contributed by atoms with Crippen molar-refractivity contribution in [2.75, 3.05) is 0 Å². The van der Waals surface area contributed by atoms with Gasteiger partial charge in [-0.1, -0.05) is 73.8 Å². The molecule has 0 aromatic carbocycles. The van der Waals surface area contributed by atoms with Crippen molar-refractivity contribution in [1.29, 1.82) is 0 Å². The fourth-order valence-corrected chi connectivity index (χ4v) is 3.27. The lowest BCUT2D eigenvalue weighted by Crippen LogP contribution is -2.34. The monoisotopic (exact) mass is 361 g/mol. The van der Waals surface area contributed by atoms with Crippen LogP contribution < -0.4 is 5.32 Å². The predicted molar refractivity (Wildman–Crippen MR) is 88.8 cm³/mol. The van der Waals surface area contributed by atoms with Crippen LogP contribution in [0, 0.1) is 0 Å². The molecule has 1 N–H and O–H groups in total. The Balaban J connectivity index is 2.31. The van der Waals surface area contributed by atoms with Crippen LogP contribution in [-0.4, -0.2) is 19.2 Å². The summed E-state index contributed by atoms with van der Waals surface area (Å²) >= 11 is 2.08. The van der Waals surface area contributed by atoms with Crippen LogP contribution in [0.15, 0.2) is 10.2 Å². The van der Waals surface area contributed by atoms with Gasteiger partial charge in [0.15, 0.2) is 0 Å². The highest BCUT2D eigenvalue weighted by atomic mass is 127. The average molecular weight is 361 g/mol. The fraction of sp³-hybridized carbons (Fsp3) is 0.786. The van der Waals surface area contributed by atoms with Crippen molar-refractivity contribution in [3.63, 3.8) is 0 Å². The molecule has 1 saturated carbocycles. The van der Waals surface area contributed by atoms with Gasteiger partial charge in [-0.2, -0.15) is 0 Å². The second kappa shape index (κ2) is 9.00. The molecule has 2 nitrogen and oxygen atoms in total. The number of carbonyl (C=O) groups is 1. The predicted octanol–water partition coefficient (Wildman–Crippen LogP) is 3.83. The highest BCUT2D eigenvalue weighted by molar-refractivity contribution is 14.1. The lowest BCUT2D eigenvalue weighted by Gasteiger charge is -2.25. The normalized spacial score (nSPS) is 25.8. The SMILES string of the molecule is CC(C)BC1CCCC(NC(=O)/C=C/I)CCC1. The molecule has 1 aliphatic rings. The van der Waals surface area contributed by atoms with Crippen LogP contribution in [0.4, 0.5) is 0 Å². The van der Waals surface area contributed by atoms with Gasteiger partial charge in [-0.15, -0.1) is 0 Å². The first-order valence-corrected chi connectivity index (χ1v) is 8.43. The molecule has 0 aromatic heterocycles. The lowest BCUT2D eigenvalue weighted by molar-refractivity contribution is -0.117. The Morgan fingerprint density at radius 3 is 2.39 bits per heavy atom. The summed E-state index contributed by atoms with van der Waals surface area (Å²) in [5, 5.41) is 3.11. The molecule has 0 unspecified atom stereocenters. The van der Waals surface area contributed by atoms with Crippen LogP contribution in [0.25, 0.3) is 0 Å². The van der Waals surface area contributed by atoms with E-state index in [1.165, 1.54) is 33.0 Å². The first-order valence-electron chi connectivity index (χ1n) is 7.19. The highest BCUT2D eigenvalue weighted by Gasteiger charge is 2.19. The van der Waals surface area contributed by atoms with Gasteiger partial charge in [0.2, 0.25) is 5.91 Å². The van der Waals surface area contributed by atoms with Gasteiger partial charge in [0.25, 0.3) is 0 Å². The molecule has 0 bridgehead atoms. The molecule has 1 rings (SSSR count). The Bertz CT molecular complexity index is 271. The van der Waals surface area contributed by atoms with Crippen molar-refractivity contribution in [1.82, 2.24) is 5.32 Å². The Hall–Kier alpha value is 0.00494. The first kappa shape index (κ1) is 16.1. The van der Waals surface area contributed by atoms with Crippen molar-refractivity contribution in [2.24, 2.45) is 0 Å². The van der Waals surface area contributed by atoms with Crippen molar-refractivity contribution in [3.8, 4) is 0 Å². The van der Waals surface area contributed by atoms with Crippen LogP contribution in [0.1, 0.15) is 52.4 Å². The summed E-state index contributed by atoms with van der Waals surface area (Å²) in [4.78, 5) is 11.5. The topological polar surface area (TPSA) is 29.1 Å². The van der Waals surface area contributed by atoms with E-state index in [0.29, 0.717) is 6.04 Å². The highest BCUT2D eigenvalue weighted by Crippen LogP contribution is 2.28. The van der Waals surface area contributed by atoms with Crippen molar-refractivity contribution < 1.29 is 4.79 Å². The van der Waals surface area contributed by atoms with Crippen LogP contribution in [0.2, 0.25) is 11.6 Å². The number of amides is 1. The third-order valence-corrected chi connectivity index (χ3v) is 4.05. The van der Waals surface area contributed by atoms with Gasteiger partial charge in [0.05, 0.1) is 0 Å². The Labute approximate surface area is 126 Å².